The summed E-state index contributed by atoms with van der Waals surface area (Å²) in [6.07, 6.45) is 0.256. The average Bonchev–Trinajstić information content (AvgIpc) is 3.89. The Hall–Kier alpha value is -5.61. The Morgan fingerprint density at radius 3 is 1.82 bits per heavy atom. The van der Waals surface area contributed by atoms with Gasteiger partial charge in [0.15, 0.2) is 0 Å². The van der Waals surface area contributed by atoms with E-state index in [4.69, 9.17) is 14.2 Å². The van der Waals surface area contributed by atoms with Crippen molar-refractivity contribution in [2.75, 3.05) is 56.1 Å². The highest BCUT2D eigenvalue weighted by molar-refractivity contribution is 6.79. The van der Waals surface area contributed by atoms with E-state index in [0.717, 1.165) is 35.3 Å². The Morgan fingerprint density at radius 1 is 0.754 bits per heavy atom. The number of likely N-dealkylation sites (tertiary alicyclic amines) is 1. The first-order chi connectivity index (χ1) is 30.7. The molecule has 0 spiro atoms. The van der Waals surface area contributed by atoms with Gasteiger partial charge in [0.1, 0.15) is 18.1 Å². The zero-order chi connectivity index (χ0) is 47.6. The second-order valence-corrected chi connectivity index (χ2v) is 24.6. The van der Waals surface area contributed by atoms with Crippen molar-refractivity contribution in [1.29, 1.82) is 0 Å². The SMILES string of the molecule is COC(=O)NC(C(=O)N1CCCC1CNc1ccc(CN(Cc2ccc(NC(=O)C3C[Si](C)(C)CN3C(=O)C(NC(=O)OC)C(C)OC)cc2)c2ccc(C(C)(C)C)cc2)cc1)C(C)C. The number of benzene rings is 3. The molecule has 354 valence electrons. The quantitative estimate of drug-likeness (QED) is 0.102. The summed E-state index contributed by atoms with van der Waals surface area (Å²) in [7, 11) is 2.04. The zero-order valence-corrected chi connectivity index (χ0v) is 41.2. The lowest BCUT2D eigenvalue weighted by molar-refractivity contribution is -0.140. The first-order valence-corrected chi connectivity index (χ1v) is 26.1. The van der Waals surface area contributed by atoms with Gasteiger partial charge in [0.05, 0.1) is 28.4 Å². The van der Waals surface area contributed by atoms with Gasteiger partial charge < -0.3 is 50.2 Å². The standard InChI is InChI=1S/C49H71N7O8Si/c1-32(2)42(52-47(60)63-8)45(58)55-26-12-13-40(55)27-50-37-20-14-34(15-21-37)28-54(39-24-18-36(19-25-39)49(4,5)6)29-35-16-22-38(23-17-35)51-44(57)41-30-65(10,11)31-56(41)46(59)43(33(3)62-7)53-48(61)64-9/h14-25,32-33,40-43,50H,12-13,26-31H2,1-11H3,(H,51,57)(H,52,60)(H,53,61). The van der Waals surface area contributed by atoms with Gasteiger partial charge in [-0.1, -0.05) is 84.1 Å². The summed E-state index contributed by atoms with van der Waals surface area (Å²) >= 11 is 0. The summed E-state index contributed by atoms with van der Waals surface area (Å²) in [5.74, 6) is -0.824. The van der Waals surface area contributed by atoms with Crippen LogP contribution in [0, 0.1) is 5.92 Å². The molecule has 0 aliphatic carbocycles. The molecule has 3 aromatic rings. The van der Waals surface area contributed by atoms with Gasteiger partial charge in [-0.25, -0.2) is 9.59 Å². The fourth-order valence-corrected chi connectivity index (χ4v) is 11.4. The van der Waals surface area contributed by atoms with Crippen molar-refractivity contribution in [1.82, 2.24) is 20.4 Å². The Kier molecular flexibility index (Phi) is 17.1. The van der Waals surface area contributed by atoms with Crippen LogP contribution >= 0.6 is 0 Å². The van der Waals surface area contributed by atoms with E-state index in [-0.39, 0.29) is 35.1 Å². The van der Waals surface area contributed by atoms with Crippen LogP contribution in [0.25, 0.3) is 0 Å². The first-order valence-electron chi connectivity index (χ1n) is 22.6. The van der Waals surface area contributed by atoms with Crippen molar-refractivity contribution in [3.05, 3.63) is 89.5 Å². The van der Waals surface area contributed by atoms with Gasteiger partial charge in [-0.3, -0.25) is 14.4 Å². The van der Waals surface area contributed by atoms with Crippen molar-refractivity contribution in [2.45, 2.75) is 122 Å². The Morgan fingerprint density at radius 2 is 1.29 bits per heavy atom. The van der Waals surface area contributed by atoms with Crippen LogP contribution < -0.4 is 26.2 Å². The minimum Gasteiger partial charge on any atom is -0.453 e. The smallest absolute Gasteiger partial charge is 0.407 e. The highest BCUT2D eigenvalue weighted by Crippen LogP contribution is 2.31. The van der Waals surface area contributed by atoms with Crippen molar-refractivity contribution >= 4 is 55.0 Å². The lowest BCUT2D eigenvalue weighted by atomic mass is 9.87. The Bertz CT molecular complexity index is 2090. The minimum atomic E-state index is -1.96. The summed E-state index contributed by atoms with van der Waals surface area (Å²) in [6, 6.07) is 23.1. The number of amides is 5. The third-order valence-corrected chi connectivity index (χ3v) is 15.2. The van der Waals surface area contributed by atoms with E-state index in [1.54, 1.807) is 11.8 Å². The van der Waals surface area contributed by atoms with Gasteiger partial charge in [0, 0.05) is 62.6 Å². The summed E-state index contributed by atoms with van der Waals surface area (Å²) in [4.78, 5) is 71.3. The van der Waals surface area contributed by atoms with Crippen molar-refractivity contribution in [3.8, 4) is 0 Å². The summed E-state index contributed by atoms with van der Waals surface area (Å²) in [6.45, 7) is 18.9. The number of carbonyl (C=O) groups is 5. The lowest BCUT2D eigenvalue weighted by Crippen LogP contribution is -2.57. The van der Waals surface area contributed by atoms with Crippen LogP contribution in [-0.2, 0) is 47.1 Å². The van der Waals surface area contributed by atoms with E-state index in [0.29, 0.717) is 44.1 Å². The van der Waals surface area contributed by atoms with Crippen LogP contribution in [-0.4, -0.2) is 119 Å². The molecule has 0 saturated carbocycles. The van der Waals surface area contributed by atoms with E-state index in [1.165, 1.54) is 26.9 Å². The monoisotopic (exact) mass is 914 g/mol. The second-order valence-electron chi connectivity index (χ2n) is 19.5. The molecule has 0 aromatic heterocycles. The fraction of sp³-hybridized carbons (Fsp3) is 0.531. The molecule has 2 aliphatic heterocycles. The molecule has 2 heterocycles. The summed E-state index contributed by atoms with van der Waals surface area (Å²) < 4.78 is 15.0. The number of nitrogens with one attached hydrogen (secondary N) is 4. The molecule has 5 unspecified atom stereocenters. The van der Waals surface area contributed by atoms with Gasteiger partial charge in [-0.15, -0.1) is 0 Å². The number of hydrogen-bond acceptors (Lipinski definition) is 10. The molecule has 2 aliphatic rings. The molecule has 15 nitrogen and oxygen atoms in total. The molecule has 4 N–H and O–H groups in total. The molecular formula is C49H71N7O8Si. The molecule has 65 heavy (non-hydrogen) atoms. The normalized spacial score (nSPS) is 18.3. The minimum absolute atomic E-state index is 0.00386. The summed E-state index contributed by atoms with van der Waals surface area (Å²) in [5, 5.41) is 11.9. The van der Waals surface area contributed by atoms with E-state index >= 15 is 0 Å². The fourth-order valence-electron chi connectivity index (χ4n) is 8.57. The van der Waals surface area contributed by atoms with E-state index < -0.39 is 44.5 Å². The third kappa shape index (κ3) is 13.5. The van der Waals surface area contributed by atoms with Crippen LogP contribution in [0.5, 0.6) is 0 Å². The Balaban J connectivity index is 1.27. The van der Waals surface area contributed by atoms with E-state index in [9.17, 15) is 24.0 Å². The topological polar surface area (TPSA) is 171 Å². The number of alkyl carbamates (subject to hydrolysis) is 2. The predicted molar refractivity (Wildman–Crippen MR) is 258 cm³/mol. The predicted octanol–water partition coefficient (Wildman–Crippen LogP) is 7.13. The number of ether oxygens (including phenoxy) is 3. The molecule has 2 fully saturated rings. The highest BCUT2D eigenvalue weighted by atomic mass is 28.3. The van der Waals surface area contributed by atoms with Gasteiger partial charge in [0.2, 0.25) is 17.7 Å². The number of nitrogens with zero attached hydrogens (tertiary/aromatic N) is 3. The lowest BCUT2D eigenvalue weighted by Gasteiger charge is -2.31. The number of rotatable bonds is 17. The zero-order valence-electron chi connectivity index (χ0n) is 40.2. The number of hydrogen-bond donors (Lipinski definition) is 4. The molecule has 5 amide bonds. The van der Waals surface area contributed by atoms with Crippen LogP contribution in [0.4, 0.5) is 26.7 Å². The van der Waals surface area contributed by atoms with Crippen LogP contribution in [0.1, 0.15) is 71.1 Å². The largest absolute Gasteiger partial charge is 0.453 e. The highest BCUT2D eigenvalue weighted by Gasteiger charge is 2.47. The van der Waals surface area contributed by atoms with Crippen LogP contribution in [0.3, 0.4) is 0 Å². The molecular weight excluding hydrogens is 843 g/mol. The van der Waals surface area contributed by atoms with Gasteiger partial charge in [-0.2, -0.15) is 0 Å². The van der Waals surface area contributed by atoms with Crippen molar-refractivity contribution < 1.29 is 38.2 Å². The molecule has 16 heteroatoms. The maximum Gasteiger partial charge on any atom is 0.407 e. The van der Waals surface area contributed by atoms with E-state index in [1.807, 2.05) is 43.0 Å². The second kappa shape index (κ2) is 22.0. The molecule has 0 bridgehead atoms. The van der Waals surface area contributed by atoms with Gasteiger partial charge >= 0.3 is 12.2 Å². The van der Waals surface area contributed by atoms with Gasteiger partial charge in [-0.05, 0) is 90.2 Å². The molecule has 5 atom stereocenters. The number of carbonyl (C=O) groups excluding carboxylic acids is 5. The molecule has 0 radical (unpaired) electrons. The average molecular weight is 914 g/mol. The maximum absolute atomic E-state index is 13.9. The molecule has 2 saturated heterocycles. The van der Waals surface area contributed by atoms with Crippen LogP contribution in [0.2, 0.25) is 19.1 Å². The van der Waals surface area contributed by atoms with Gasteiger partial charge in [0.25, 0.3) is 0 Å². The first kappa shape index (κ1) is 50.4. The van der Waals surface area contributed by atoms with Crippen molar-refractivity contribution in [3.63, 3.8) is 0 Å². The van der Waals surface area contributed by atoms with Crippen LogP contribution in [0.15, 0.2) is 72.8 Å². The molecule has 3 aromatic carbocycles. The van der Waals surface area contributed by atoms with Crippen molar-refractivity contribution in [2.24, 2.45) is 5.92 Å². The number of anilines is 3. The molecule has 5 rings (SSSR count). The number of methoxy groups -OCH3 is 3. The Labute approximate surface area is 386 Å². The third-order valence-electron chi connectivity index (χ3n) is 12.5. The maximum atomic E-state index is 13.9. The van der Waals surface area contributed by atoms with E-state index in [2.05, 4.69) is 109 Å². The summed E-state index contributed by atoms with van der Waals surface area (Å²) in [5.41, 5.74) is 6.08.